The summed E-state index contributed by atoms with van der Waals surface area (Å²) in [6.45, 7) is 3.88. The van der Waals surface area contributed by atoms with Gasteiger partial charge in [0.15, 0.2) is 0 Å². The average Bonchev–Trinajstić information content (AvgIpc) is 2.68. The van der Waals surface area contributed by atoms with Crippen LogP contribution in [0.2, 0.25) is 0 Å². The summed E-state index contributed by atoms with van der Waals surface area (Å²) in [6, 6.07) is 3.46. The lowest BCUT2D eigenvalue weighted by Gasteiger charge is -2.36. The molecule has 20 heavy (non-hydrogen) atoms. The van der Waals surface area contributed by atoms with Gasteiger partial charge in [-0.3, -0.25) is 9.59 Å². The molecule has 0 aliphatic carbocycles. The van der Waals surface area contributed by atoms with Gasteiger partial charge in [-0.15, -0.1) is 11.3 Å². The van der Waals surface area contributed by atoms with Crippen molar-refractivity contribution in [2.24, 2.45) is 5.92 Å². The molecule has 2 unspecified atom stereocenters. The number of amides is 1. The standard InChI is InChI=1S/C14H18BrNO3S/c1-8(2)16-12(17)5-3-4-9(14(18)19)13(16)10-6-7-11(15)20-10/h6-9,13H,3-5H2,1-2H3,(H,18,19). The summed E-state index contributed by atoms with van der Waals surface area (Å²) in [4.78, 5) is 26.7. The Labute approximate surface area is 130 Å². The molecule has 110 valence electrons. The molecule has 1 N–H and O–H groups in total. The summed E-state index contributed by atoms with van der Waals surface area (Å²) in [5.41, 5.74) is 0. The van der Waals surface area contributed by atoms with Gasteiger partial charge in [0, 0.05) is 17.3 Å². The highest BCUT2D eigenvalue weighted by Crippen LogP contribution is 2.41. The molecule has 0 aromatic carbocycles. The van der Waals surface area contributed by atoms with Gasteiger partial charge in [0.2, 0.25) is 5.91 Å². The van der Waals surface area contributed by atoms with E-state index >= 15 is 0 Å². The van der Waals surface area contributed by atoms with E-state index in [1.165, 1.54) is 11.3 Å². The van der Waals surface area contributed by atoms with E-state index < -0.39 is 11.9 Å². The van der Waals surface area contributed by atoms with Crippen molar-refractivity contribution < 1.29 is 14.7 Å². The third-order valence-electron chi connectivity index (χ3n) is 3.63. The van der Waals surface area contributed by atoms with Gasteiger partial charge in [-0.05, 0) is 54.8 Å². The number of carboxylic acids is 1. The van der Waals surface area contributed by atoms with E-state index in [2.05, 4.69) is 15.9 Å². The number of rotatable bonds is 3. The minimum atomic E-state index is -0.820. The van der Waals surface area contributed by atoms with Crippen molar-refractivity contribution in [3.8, 4) is 0 Å². The number of hydrogen-bond donors (Lipinski definition) is 1. The predicted octanol–water partition coefficient (Wildman–Crippen LogP) is 3.67. The Morgan fingerprint density at radius 3 is 2.70 bits per heavy atom. The second-order valence-electron chi connectivity index (χ2n) is 5.32. The first kappa shape index (κ1) is 15.5. The molecule has 6 heteroatoms. The van der Waals surface area contributed by atoms with Crippen molar-refractivity contribution in [2.75, 3.05) is 0 Å². The SMILES string of the molecule is CC(C)N1C(=O)CCCC(C(=O)O)C1c1ccc(Br)s1. The third-order valence-corrected chi connectivity index (χ3v) is 5.33. The van der Waals surface area contributed by atoms with E-state index in [-0.39, 0.29) is 18.0 Å². The minimum absolute atomic E-state index is 0.00618. The molecule has 1 aliphatic rings. The van der Waals surface area contributed by atoms with Gasteiger partial charge < -0.3 is 10.0 Å². The Morgan fingerprint density at radius 2 is 2.20 bits per heavy atom. The fourth-order valence-corrected chi connectivity index (χ4v) is 4.39. The highest BCUT2D eigenvalue weighted by atomic mass is 79.9. The fraction of sp³-hybridized carbons (Fsp3) is 0.571. The Kier molecular flexibility index (Phi) is 4.86. The van der Waals surface area contributed by atoms with E-state index in [4.69, 9.17) is 0 Å². The van der Waals surface area contributed by atoms with Gasteiger partial charge in [-0.25, -0.2) is 0 Å². The maximum Gasteiger partial charge on any atom is 0.308 e. The monoisotopic (exact) mass is 359 g/mol. The average molecular weight is 360 g/mol. The van der Waals surface area contributed by atoms with E-state index in [1.54, 1.807) is 4.90 Å². The van der Waals surface area contributed by atoms with Crippen molar-refractivity contribution in [1.29, 1.82) is 0 Å². The van der Waals surface area contributed by atoms with Crippen LogP contribution in [0.1, 0.15) is 44.0 Å². The minimum Gasteiger partial charge on any atom is -0.481 e. The number of carbonyl (C=O) groups excluding carboxylic acids is 1. The Bertz CT molecular complexity index is 514. The molecule has 0 spiro atoms. The molecule has 0 bridgehead atoms. The van der Waals surface area contributed by atoms with E-state index in [1.807, 2.05) is 26.0 Å². The van der Waals surface area contributed by atoms with Crippen molar-refractivity contribution in [3.63, 3.8) is 0 Å². The van der Waals surface area contributed by atoms with Crippen LogP contribution in [0.15, 0.2) is 15.9 Å². The first-order valence-electron chi connectivity index (χ1n) is 6.71. The van der Waals surface area contributed by atoms with Gasteiger partial charge in [0.1, 0.15) is 0 Å². The fourth-order valence-electron chi connectivity index (χ4n) is 2.80. The second-order valence-corrected chi connectivity index (χ2v) is 7.81. The lowest BCUT2D eigenvalue weighted by Crippen LogP contribution is -2.42. The summed E-state index contributed by atoms with van der Waals surface area (Å²) in [5, 5.41) is 9.54. The van der Waals surface area contributed by atoms with Gasteiger partial charge >= 0.3 is 5.97 Å². The van der Waals surface area contributed by atoms with Crippen LogP contribution in [0.3, 0.4) is 0 Å². The zero-order chi connectivity index (χ0) is 14.9. The Balaban J connectivity index is 2.48. The van der Waals surface area contributed by atoms with Gasteiger partial charge in [0.05, 0.1) is 15.7 Å². The topological polar surface area (TPSA) is 57.6 Å². The van der Waals surface area contributed by atoms with Gasteiger partial charge in [-0.2, -0.15) is 0 Å². The molecule has 0 radical (unpaired) electrons. The summed E-state index contributed by atoms with van der Waals surface area (Å²) in [7, 11) is 0. The highest BCUT2D eigenvalue weighted by molar-refractivity contribution is 9.11. The largest absolute Gasteiger partial charge is 0.481 e. The van der Waals surface area contributed by atoms with Crippen LogP contribution in [0.5, 0.6) is 0 Å². The molecule has 1 amide bonds. The summed E-state index contributed by atoms with van der Waals surface area (Å²) >= 11 is 4.92. The Hall–Kier alpha value is -0.880. The first-order valence-corrected chi connectivity index (χ1v) is 8.32. The van der Waals surface area contributed by atoms with Crippen LogP contribution in [0, 0.1) is 5.92 Å². The van der Waals surface area contributed by atoms with Crippen LogP contribution < -0.4 is 0 Å². The highest BCUT2D eigenvalue weighted by Gasteiger charge is 2.40. The molecule has 1 aliphatic heterocycles. The van der Waals surface area contributed by atoms with E-state index in [0.717, 1.165) is 8.66 Å². The summed E-state index contributed by atoms with van der Waals surface area (Å²) in [5.74, 6) is -1.30. The summed E-state index contributed by atoms with van der Waals surface area (Å²) < 4.78 is 0.956. The lowest BCUT2D eigenvalue weighted by molar-refractivity contribution is -0.146. The number of halogens is 1. The molecule has 1 aromatic rings. The maximum atomic E-state index is 12.3. The summed E-state index contributed by atoms with van der Waals surface area (Å²) in [6.07, 6.45) is 1.62. The molecule has 2 atom stereocenters. The normalized spacial score (nSPS) is 24.0. The number of thiophene rings is 1. The molecule has 2 heterocycles. The second kappa shape index (κ2) is 6.26. The van der Waals surface area contributed by atoms with Crippen LogP contribution in [0.4, 0.5) is 0 Å². The molecule has 0 saturated carbocycles. The smallest absolute Gasteiger partial charge is 0.308 e. The quantitative estimate of drug-likeness (QED) is 0.895. The van der Waals surface area contributed by atoms with Crippen molar-refractivity contribution in [3.05, 3.63) is 20.8 Å². The maximum absolute atomic E-state index is 12.3. The zero-order valence-electron chi connectivity index (χ0n) is 11.5. The zero-order valence-corrected chi connectivity index (χ0v) is 13.9. The molecule has 2 rings (SSSR count). The number of aliphatic carboxylic acids is 1. The molecule has 1 fully saturated rings. The van der Waals surface area contributed by atoms with Crippen molar-refractivity contribution in [1.82, 2.24) is 4.90 Å². The van der Waals surface area contributed by atoms with E-state index in [0.29, 0.717) is 19.3 Å². The number of carbonyl (C=O) groups is 2. The predicted molar refractivity (Wildman–Crippen MR) is 81.7 cm³/mol. The number of hydrogen-bond acceptors (Lipinski definition) is 3. The molecule has 4 nitrogen and oxygen atoms in total. The first-order chi connectivity index (χ1) is 9.41. The van der Waals surface area contributed by atoms with Crippen LogP contribution in [0.25, 0.3) is 0 Å². The van der Waals surface area contributed by atoms with Crippen molar-refractivity contribution in [2.45, 2.75) is 45.2 Å². The molecular weight excluding hydrogens is 342 g/mol. The lowest BCUT2D eigenvalue weighted by atomic mass is 9.93. The number of nitrogens with zero attached hydrogens (tertiary/aromatic N) is 1. The van der Waals surface area contributed by atoms with Crippen LogP contribution in [-0.4, -0.2) is 27.9 Å². The molecule has 1 aromatic heterocycles. The van der Waals surface area contributed by atoms with Crippen LogP contribution >= 0.6 is 27.3 Å². The van der Waals surface area contributed by atoms with Gasteiger partial charge in [-0.1, -0.05) is 0 Å². The molecular formula is C14H18BrNO3S. The third kappa shape index (κ3) is 3.06. The van der Waals surface area contributed by atoms with E-state index in [9.17, 15) is 14.7 Å². The van der Waals surface area contributed by atoms with Crippen LogP contribution in [-0.2, 0) is 9.59 Å². The van der Waals surface area contributed by atoms with Crippen molar-refractivity contribution >= 4 is 39.1 Å². The van der Waals surface area contributed by atoms with Gasteiger partial charge in [0.25, 0.3) is 0 Å². The Morgan fingerprint density at radius 1 is 1.50 bits per heavy atom. The number of likely N-dealkylation sites (tertiary alicyclic amines) is 1. The molecule has 1 saturated heterocycles. The number of carboxylic acid groups (broad SMARTS) is 1.